The third-order valence-electron chi connectivity index (χ3n) is 6.95. The van der Waals surface area contributed by atoms with E-state index in [-0.39, 0.29) is 22.6 Å². The van der Waals surface area contributed by atoms with E-state index in [1.807, 2.05) is 11.4 Å². The van der Waals surface area contributed by atoms with E-state index < -0.39 is 0 Å². The van der Waals surface area contributed by atoms with Gasteiger partial charge in [0.1, 0.15) is 0 Å². The fraction of sp³-hybridized carbons (Fsp3) is 0.409. The molecule has 2 aliphatic carbocycles. The van der Waals surface area contributed by atoms with Gasteiger partial charge in [0.05, 0.1) is 4.88 Å². The number of hydrazone groups is 1. The molecule has 2 aromatic rings. The van der Waals surface area contributed by atoms with Gasteiger partial charge in [-0.15, -0.1) is 11.3 Å². The van der Waals surface area contributed by atoms with E-state index in [4.69, 9.17) is 0 Å². The number of carbonyl (C=O) groups excluding carboxylic acids is 2. The second-order valence-electron chi connectivity index (χ2n) is 8.50. The summed E-state index contributed by atoms with van der Waals surface area (Å²) >= 11 is 1.39. The Morgan fingerprint density at radius 1 is 1.11 bits per heavy atom. The van der Waals surface area contributed by atoms with Crippen molar-refractivity contribution in [3.05, 3.63) is 52.2 Å². The van der Waals surface area contributed by atoms with Crippen LogP contribution < -0.4 is 10.7 Å². The molecule has 2 atom stereocenters. The molecule has 6 heteroatoms. The first-order chi connectivity index (χ1) is 13.3. The van der Waals surface area contributed by atoms with Crippen molar-refractivity contribution in [1.29, 1.82) is 0 Å². The third-order valence-corrected chi connectivity index (χ3v) is 7.82. The lowest BCUT2D eigenvalue weighted by molar-refractivity contribution is 0.0953. The van der Waals surface area contributed by atoms with Gasteiger partial charge in [-0.2, -0.15) is 5.10 Å². The summed E-state index contributed by atoms with van der Waals surface area (Å²) in [5.74, 6) is 0.276. The van der Waals surface area contributed by atoms with Gasteiger partial charge in [0.25, 0.3) is 11.8 Å². The monoisotopic (exact) mass is 395 g/mol. The molecule has 2 aliphatic rings. The molecule has 28 heavy (non-hydrogen) atoms. The summed E-state index contributed by atoms with van der Waals surface area (Å²) in [5.41, 5.74) is 5.33. The summed E-state index contributed by atoms with van der Waals surface area (Å²) in [6.07, 6.45) is 3.35. The number of nitrogens with one attached hydrogen (secondary N) is 2. The molecular formula is C22H25N3O2S. The zero-order valence-corrected chi connectivity index (χ0v) is 17.2. The average Bonchev–Trinajstić information content (AvgIpc) is 3.33. The van der Waals surface area contributed by atoms with Crippen LogP contribution in [0.5, 0.6) is 0 Å². The van der Waals surface area contributed by atoms with Crippen LogP contribution in [0, 0.1) is 16.7 Å². The first-order valence-electron chi connectivity index (χ1n) is 9.63. The molecule has 2 fully saturated rings. The Morgan fingerprint density at radius 3 is 2.43 bits per heavy atom. The van der Waals surface area contributed by atoms with Crippen LogP contribution in [0.4, 0.5) is 5.69 Å². The summed E-state index contributed by atoms with van der Waals surface area (Å²) in [6.45, 7) is 6.91. The first kappa shape index (κ1) is 18.9. The van der Waals surface area contributed by atoms with Crippen LogP contribution >= 0.6 is 11.3 Å². The van der Waals surface area contributed by atoms with Crippen LogP contribution in [-0.2, 0) is 0 Å². The molecular weight excluding hydrogens is 370 g/mol. The van der Waals surface area contributed by atoms with Crippen LogP contribution in [0.1, 0.15) is 60.1 Å². The number of rotatable bonds is 4. The van der Waals surface area contributed by atoms with Crippen molar-refractivity contribution in [1.82, 2.24) is 5.43 Å². The molecule has 4 rings (SSSR count). The molecule has 0 aliphatic heterocycles. The molecule has 146 valence electrons. The largest absolute Gasteiger partial charge is 0.321 e. The van der Waals surface area contributed by atoms with Crippen LogP contribution in [0.15, 0.2) is 46.9 Å². The number of fused-ring (bicyclic) bond motifs is 2. The highest BCUT2D eigenvalue weighted by atomic mass is 32.1. The summed E-state index contributed by atoms with van der Waals surface area (Å²) in [7, 11) is 0. The van der Waals surface area contributed by atoms with Gasteiger partial charge < -0.3 is 5.32 Å². The number of hydrogen-bond donors (Lipinski definition) is 2. The number of hydrogen-bond acceptors (Lipinski definition) is 4. The molecule has 0 saturated heterocycles. The molecule has 0 spiro atoms. The normalized spacial score (nSPS) is 26.4. The van der Waals surface area contributed by atoms with E-state index in [1.54, 1.807) is 30.3 Å². The van der Waals surface area contributed by atoms with Gasteiger partial charge in [0.15, 0.2) is 0 Å². The second-order valence-corrected chi connectivity index (χ2v) is 9.45. The van der Waals surface area contributed by atoms with E-state index in [0.717, 1.165) is 18.6 Å². The summed E-state index contributed by atoms with van der Waals surface area (Å²) < 4.78 is 0. The second kappa shape index (κ2) is 6.85. The summed E-state index contributed by atoms with van der Waals surface area (Å²) in [4.78, 5) is 25.2. The van der Waals surface area contributed by atoms with E-state index >= 15 is 0 Å². The number of anilines is 1. The van der Waals surface area contributed by atoms with Gasteiger partial charge in [-0.05, 0) is 66.3 Å². The molecule has 5 nitrogen and oxygen atoms in total. The van der Waals surface area contributed by atoms with Crippen molar-refractivity contribution in [3.8, 4) is 0 Å². The highest BCUT2D eigenvalue weighted by molar-refractivity contribution is 7.12. The lowest BCUT2D eigenvalue weighted by Crippen LogP contribution is -2.34. The third kappa shape index (κ3) is 3.05. The predicted octanol–water partition coefficient (Wildman–Crippen LogP) is 4.93. The highest BCUT2D eigenvalue weighted by Crippen LogP contribution is 2.63. The Hall–Kier alpha value is -2.47. The highest BCUT2D eigenvalue weighted by Gasteiger charge is 2.60. The maximum atomic E-state index is 12.5. The standard InChI is InChI=1S/C22H25N3O2S/c1-21(2)15-10-11-22(21,3)18(13-15)24-25-19(26)14-6-8-16(9-7-14)23-20(27)17-5-4-12-28-17/h4-9,12,15H,10-11,13H2,1-3H3,(H,23,27)(H,25,26)/b24-18+/t15-,22+/m1/s1. The van der Waals surface area contributed by atoms with Crippen LogP contribution in [0.25, 0.3) is 0 Å². The summed E-state index contributed by atoms with van der Waals surface area (Å²) in [5, 5.41) is 9.20. The number of thiophene rings is 1. The summed E-state index contributed by atoms with van der Waals surface area (Å²) in [6, 6.07) is 10.5. The molecule has 1 aromatic heterocycles. The van der Waals surface area contributed by atoms with Gasteiger partial charge in [-0.1, -0.05) is 26.8 Å². The Morgan fingerprint density at radius 2 is 1.86 bits per heavy atom. The van der Waals surface area contributed by atoms with Crippen LogP contribution in [-0.4, -0.2) is 17.5 Å². The minimum Gasteiger partial charge on any atom is -0.321 e. The van der Waals surface area contributed by atoms with E-state index in [2.05, 4.69) is 36.6 Å². The Labute approximate surface area is 169 Å². The topological polar surface area (TPSA) is 70.6 Å². The zero-order chi connectivity index (χ0) is 19.9. The van der Waals surface area contributed by atoms with Crippen molar-refractivity contribution in [2.75, 3.05) is 5.32 Å². The number of nitrogens with zero attached hydrogens (tertiary/aromatic N) is 1. The van der Waals surface area contributed by atoms with Gasteiger partial charge >= 0.3 is 0 Å². The van der Waals surface area contributed by atoms with Crippen molar-refractivity contribution in [2.45, 2.75) is 40.0 Å². The average molecular weight is 396 g/mol. The van der Waals surface area contributed by atoms with Crippen LogP contribution in [0.3, 0.4) is 0 Å². The maximum Gasteiger partial charge on any atom is 0.271 e. The molecule has 2 amide bonds. The SMILES string of the molecule is CC1(C)[C@@H]2CC[C@@]1(C)/C(=N/NC(=O)c1ccc(NC(=O)c3cccs3)cc1)C2. The maximum absolute atomic E-state index is 12.5. The fourth-order valence-electron chi connectivity index (χ4n) is 4.59. The van der Waals surface area contributed by atoms with E-state index in [0.29, 0.717) is 22.0 Å². The smallest absolute Gasteiger partial charge is 0.271 e. The number of benzene rings is 1. The Kier molecular flexibility index (Phi) is 4.62. The number of amides is 2. The molecule has 0 radical (unpaired) electrons. The zero-order valence-electron chi connectivity index (χ0n) is 16.4. The minimum atomic E-state index is -0.229. The molecule has 0 unspecified atom stereocenters. The van der Waals surface area contributed by atoms with E-state index in [1.165, 1.54) is 17.8 Å². The van der Waals surface area contributed by atoms with Crippen molar-refractivity contribution >= 4 is 34.6 Å². The van der Waals surface area contributed by atoms with Gasteiger partial charge in [-0.25, -0.2) is 5.43 Å². The number of carbonyl (C=O) groups is 2. The van der Waals surface area contributed by atoms with Gasteiger partial charge in [0.2, 0.25) is 0 Å². The quantitative estimate of drug-likeness (QED) is 0.721. The molecule has 2 bridgehead atoms. The van der Waals surface area contributed by atoms with E-state index in [9.17, 15) is 9.59 Å². The minimum absolute atomic E-state index is 0.0703. The van der Waals surface area contributed by atoms with Gasteiger partial charge in [-0.3, -0.25) is 9.59 Å². The molecule has 2 saturated carbocycles. The predicted molar refractivity (Wildman–Crippen MR) is 113 cm³/mol. The van der Waals surface area contributed by atoms with Crippen molar-refractivity contribution in [2.24, 2.45) is 21.8 Å². The van der Waals surface area contributed by atoms with Crippen molar-refractivity contribution in [3.63, 3.8) is 0 Å². The molecule has 2 N–H and O–H groups in total. The van der Waals surface area contributed by atoms with Crippen molar-refractivity contribution < 1.29 is 9.59 Å². The van der Waals surface area contributed by atoms with Gasteiger partial charge in [0, 0.05) is 22.4 Å². The molecule has 1 aromatic carbocycles. The molecule has 1 heterocycles. The lowest BCUT2D eigenvalue weighted by atomic mass is 9.70. The first-order valence-corrected chi connectivity index (χ1v) is 10.5. The Bertz CT molecular complexity index is 931. The lowest BCUT2D eigenvalue weighted by Gasteiger charge is -2.34. The van der Waals surface area contributed by atoms with Crippen LogP contribution in [0.2, 0.25) is 0 Å². The fourth-order valence-corrected chi connectivity index (χ4v) is 5.20. The Balaban J connectivity index is 1.40.